The van der Waals surface area contributed by atoms with Gasteiger partial charge < -0.3 is 5.11 Å². The largest absolute Gasteiger partial charge is 0.507 e. The number of nitrogens with zero attached hydrogens (tertiary/aromatic N) is 3. The number of phenols is 1. The molecule has 0 saturated heterocycles. The minimum absolute atomic E-state index is 0. The topological polar surface area (TPSA) is 50.9 Å². The first-order valence-electron chi connectivity index (χ1n) is 25.0. The zero-order valence-corrected chi connectivity index (χ0v) is 43.0. The van der Waals surface area contributed by atoms with E-state index >= 15 is 0 Å². The SMILES string of the molecule is [2H]C([2H])([2H])c1ccc(-c2ccnc(-c3[c-]c(-c4cccc5c4nc(-c4cc(C(C)C)cc(C(C)C)c4O)n5-c4ccc(C(C)(C)C)cc4-c4ccc(C(C)(C)C)cc4)cc(-c4ccccc4)c3)c2)cc1.[Pt]. The number of pyridine rings is 1. The Bertz CT molecular complexity index is 3370. The van der Waals surface area contributed by atoms with Gasteiger partial charge in [-0.05, 0) is 104 Å². The molecule has 0 aliphatic heterocycles. The van der Waals surface area contributed by atoms with E-state index in [1.165, 1.54) is 11.1 Å². The van der Waals surface area contributed by atoms with E-state index in [4.69, 9.17) is 14.1 Å². The molecule has 1 N–H and O–H groups in total. The third kappa shape index (κ3) is 9.54. The van der Waals surface area contributed by atoms with Crippen molar-refractivity contribution in [1.29, 1.82) is 0 Å². The summed E-state index contributed by atoms with van der Waals surface area (Å²) in [6, 6.07) is 55.9. The van der Waals surface area contributed by atoms with Crippen LogP contribution in [-0.2, 0) is 31.9 Å². The van der Waals surface area contributed by atoms with E-state index in [9.17, 15) is 5.11 Å². The van der Waals surface area contributed by atoms with Crippen LogP contribution in [0.25, 0.3) is 83.9 Å². The number of aryl methyl sites for hydroxylation is 1. The van der Waals surface area contributed by atoms with E-state index in [-0.39, 0.29) is 49.5 Å². The fourth-order valence-corrected chi connectivity index (χ4v) is 9.01. The van der Waals surface area contributed by atoms with Gasteiger partial charge in [-0.1, -0.05) is 201 Å². The molecule has 0 fully saturated rings. The second kappa shape index (κ2) is 19.0. The van der Waals surface area contributed by atoms with E-state index < -0.39 is 6.85 Å². The molecule has 0 aliphatic carbocycles. The average Bonchev–Trinajstić information content (AvgIpc) is 3.72. The molecule has 0 bridgehead atoms. The third-order valence-electron chi connectivity index (χ3n) is 13.1. The number of para-hydroxylation sites is 1. The fourth-order valence-electron chi connectivity index (χ4n) is 9.01. The summed E-state index contributed by atoms with van der Waals surface area (Å²) in [5.41, 5.74) is 17.3. The van der Waals surface area contributed by atoms with Crippen LogP contribution < -0.4 is 0 Å². The minimum atomic E-state index is -2.18. The van der Waals surface area contributed by atoms with Gasteiger partial charge in [0.05, 0.1) is 22.3 Å². The quantitative estimate of drug-likeness (QED) is 0.147. The number of hydrogen-bond donors (Lipinski definition) is 1. The zero-order valence-electron chi connectivity index (χ0n) is 43.8. The standard InChI is InChI=1S/C63H62N3O.Pt/c1-39(2)46-35-53(40(3)4)60(67)55(36-46)61-65-59-52(18-15-19-58(59)66(61)57-29-28-51(63(9,10)11)38-54(57)44-24-26-50(27-25-44)62(6,7)8)48-32-47(42-16-13-12-14-17-42)33-49(34-48)56-37-45(30-31-64-56)43-22-20-41(5)21-23-43;/h12-33,35-40,67H,1-11H3;/q-1;/i5D3;. The van der Waals surface area contributed by atoms with Crippen LogP contribution in [0.5, 0.6) is 5.75 Å². The Morgan fingerprint density at radius 2 is 1.24 bits per heavy atom. The molecule has 9 aromatic rings. The third-order valence-corrected chi connectivity index (χ3v) is 13.1. The van der Waals surface area contributed by atoms with Gasteiger partial charge in [-0.25, -0.2) is 4.98 Å². The Kier molecular flexibility index (Phi) is 12.3. The molecule has 7 aromatic carbocycles. The van der Waals surface area contributed by atoms with Crippen molar-refractivity contribution >= 4 is 11.0 Å². The maximum atomic E-state index is 12.4. The van der Waals surface area contributed by atoms with Crippen molar-refractivity contribution in [1.82, 2.24) is 14.5 Å². The molecule has 0 unspecified atom stereocenters. The Labute approximate surface area is 422 Å². The number of hydrogen-bond acceptors (Lipinski definition) is 3. The van der Waals surface area contributed by atoms with E-state index in [1.807, 2.05) is 42.5 Å². The number of benzene rings is 7. The van der Waals surface area contributed by atoms with E-state index in [0.29, 0.717) is 17.0 Å². The smallest absolute Gasteiger partial charge is 0.148 e. The van der Waals surface area contributed by atoms with Gasteiger partial charge in [-0.2, -0.15) is 0 Å². The van der Waals surface area contributed by atoms with Crippen molar-refractivity contribution in [2.75, 3.05) is 0 Å². The summed E-state index contributed by atoms with van der Waals surface area (Å²) in [7, 11) is 0. The summed E-state index contributed by atoms with van der Waals surface area (Å²) in [5.74, 6) is 1.17. The van der Waals surface area contributed by atoms with Crippen molar-refractivity contribution in [3.8, 4) is 78.6 Å². The summed E-state index contributed by atoms with van der Waals surface area (Å²) in [6.07, 6.45) is 1.79. The minimum Gasteiger partial charge on any atom is -0.507 e. The summed E-state index contributed by atoms with van der Waals surface area (Å²) in [6.45, 7) is 19.9. The second-order valence-electron chi connectivity index (χ2n) is 20.6. The van der Waals surface area contributed by atoms with Crippen molar-refractivity contribution in [2.24, 2.45) is 0 Å². The van der Waals surface area contributed by atoms with Crippen LogP contribution in [0.3, 0.4) is 0 Å². The summed E-state index contributed by atoms with van der Waals surface area (Å²) >= 11 is 0. The Balaban J connectivity index is 0.00000676. The fraction of sp³-hybridized carbons (Fsp3) is 0.238. The van der Waals surface area contributed by atoms with Gasteiger partial charge in [0.25, 0.3) is 0 Å². The number of imidazole rings is 1. The first-order valence-corrected chi connectivity index (χ1v) is 23.5. The van der Waals surface area contributed by atoms with Crippen molar-refractivity contribution < 1.29 is 30.3 Å². The molecular weight excluding hydrogens is 1010 g/mol. The summed E-state index contributed by atoms with van der Waals surface area (Å²) < 4.78 is 25.9. The van der Waals surface area contributed by atoms with E-state index in [1.54, 1.807) is 18.3 Å². The normalized spacial score (nSPS) is 12.8. The Hall–Kier alpha value is -6.35. The molecule has 0 saturated carbocycles. The maximum absolute atomic E-state index is 12.4. The van der Waals surface area contributed by atoms with E-state index in [0.717, 1.165) is 83.6 Å². The first kappa shape index (κ1) is 44.2. The number of aromatic hydroxyl groups is 1. The Morgan fingerprint density at radius 1 is 0.574 bits per heavy atom. The number of aromatic nitrogens is 3. The van der Waals surface area contributed by atoms with Crippen LogP contribution in [0.4, 0.5) is 0 Å². The molecule has 4 nitrogen and oxygen atoms in total. The van der Waals surface area contributed by atoms with Gasteiger partial charge in [0.15, 0.2) is 0 Å². The maximum Gasteiger partial charge on any atom is 0.148 e. The number of rotatable bonds is 9. The summed E-state index contributed by atoms with van der Waals surface area (Å²) in [5, 5.41) is 12.4. The molecule has 0 amide bonds. The van der Waals surface area contributed by atoms with Crippen LogP contribution in [0.2, 0.25) is 0 Å². The molecule has 0 aliphatic rings. The molecule has 0 spiro atoms. The molecular formula is C63H62N3OPt-. The molecule has 346 valence electrons. The van der Waals surface area contributed by atoms with Gasteiger partial charge in [0, 0.05) is 42.6 Å². The predicted octanol–water partition coefficient (Wildman–Crippen LogP) is 17.1. The molecule has 2 aromatic heterocycles. The van der Waals surface area contributed by atoms with Crippen LogP contribution >= 0.6 is 0 Å². The first-order chi connectivity index (χ1) is 33.2. The van der Waals surface area contributed by atoms with Gasteiger partial charge in [-0.3, -0.25) is 9.55 Å². The van der Waals surface area contributed by atoms with Crippen molar-refractivity contribution in [2.45, 2.75) is 98.8 Å². The van der Waals surface area contributed by atoms with Crippen molar-refractivity contribution in [3.05, 3.63) is 192 Å². The van der Waals surface area contributed by atoms with Gasteiger partial charge in [0.1, 0.15) is 11.6 Å². The molecule has 0 radical (unpaired) electrons. The molecule has 0 atom stereocenters. The molecule has 2 heterocycles. The zero-order chi connectivity index (χ0) is 49.9. The second-order valence-corrected chi connectivity index (χ2v) is 20.6. The van der Waals surface area contributed by atoms with Crippen molar-refractivity contribution in [3.63, 3.8) is 0 Å². The molecule has 9 rings (SSSR count). The summed E-state index contributed by atoms with van der Waals surface area (Å²) in [4.78, 5) is 10.5. The average molecular weight is 1080 g/mol. The Morgan fingerprint density at radius 3 is 1.90 bits per heavy atom. The molecule has 5 heteroatoms. The van der Waals surface area contributed by atoms with E-state index in [2.05, 4.69) is 177 Å². The van der Waals surface area contributed by atoms with Crippen LogP contribution in [0, 0.1) is 12.9 Å². The van der Waals surface area contributed by atoms with Gasteiger partial charge in [-0.15, -0.1) is 23.8 Å². The van der Waals surface area contributed by atoms with Crippen LogP contribution in [-0.4, -0.2) is 19.6 Å². The van der Waals surface area contributed by atoms with Crippen LogP contribution in [0.1, 0.15) is 113 Å². The van der Waals surface area contributed by atoms with Crippen LogP contribution in [0.15, 0.2) is 158 Å². The van der Waals surface area contributed by atoms with Gasteiger partial charge >= 0.3 is 0 Å². The monoisotopic (exact) mass is 1070 g/mol. The van der Waals surface area contributed by atoms with Gasteiger partial charge in [0.2, 0.25) is 0 Å². The number of phenolic OH excluding ortho intramolecular Hbond substituents is 1. The number of fused-ring (bicyclic) bond motifs is 1. The molecule has 68 heavy (non-hydrogen) atoms. The predicted molar refractivity (Wildman–Crippen MR) is 282 cm³/mol.